The molecule has 1 aromatic carbocycles. The third-order valence-corrected chi connectivity index (χ3v) is 3.34. The van der Waals surface area contributed by atoms with E-state index in [0.717, 1.165) is 18.7 Å². The molecule has 0 aliphatic heterocycles. The fourth-order valence-corrected chi connectivity index (χ4v) is 2.51. The van der Waals surface area contributed by atoms with Gasteiger partial charge in [0.25, 0.3) is 0 Å². The molecule has 1 aliphatic carbocycles. The average molecular weight is 213 g/mol. The van der Waals surface area contributed by atoms with Crippen molar-refractivity contribution < 1.29 is 4.74 Å². The summed E-state index contributed by atoms with van der Waals surface area (Å²) in [4.78, 5) is 0. The van der Waals surface area contributed by atoms with E-state index in [1.54, 1.807) is 7.11 Å². The van der Waals surface area contributed by atoms with E-state index in [9.17, 15) is 0 Å². The van der Waals surface area contributed by atoms with Crippen molar-refractivity contribution in [1.29, 1.82) is 0 Å². The Balaban J connectivity index is 2.20. The van der Waals surface area contributed by atoms with Gasteiger partial charge < -0.3 is 9.30 Å². The number of ether oxygens (including phenoxy) is 1. The second-order valence-corrected chi connectivity index (χ2v) is 4.18. The first-order valence-electron chi connectivity index (χ1n) is 5.68. The fourth-order valence-electron chi connectivity index (χ4n) is 2.51. The van der Waals surface area contributed by atoms with Gasteiger partial charge in [-0.3, -0.25) is 0 Å². The summed E-state index contributed by atoms with van der Waals surface area (Å²) in [6.07, 6.45) is 3.23. The molecule has 2 heteroatoms. The Morgan fingerprint density at radius 2 is 2.12 bits per heavy atom. The quantitative estimate of drug-likeness (QED) is 0.638. The molecule has 2 nitrogen and oxygen atoms in total. The van der Waals surface area contributed by atoms with Crippen LogP contribution in [0.1, 0.15) is 18.1 Å². The van der Waals surface area contributed by atoms with E-state index < -0.39 is 0 Å². The largest absolute Gasteiger partial charge is 0.497 e. The van der Waals surface area contributed by atoms with Crippen LogP contribution in [0.15, 0.2) is 30.5 Å². The Kier molecular flexibility index (Phi) is 2.03. The highest BCUT2D eigenvalue weighted by atomic mass is 16.5. The average Bonchev–Trinajstić information content (AvgIpc) is 2.86. The highest BCUT2D eigenvalue weighted by molar-refractivity contribution is 5.75. The van der Waals surface area contributed by atoms with E-state index in [0.29, 0.717) is 0 Å². The zero-order chi connectivity index (χ0) is 11.1. The molecule has 2 aromatic rings. The van der Waals surface area contributed by atoms with Gasteiger partial charge >= 0.3 is 0 Å². The predicted octanol–water partition coefficient (Wildman–Crippen LogP) is 3.09. The molecule has 0 N–H and O–H groups in total. The summed E-state index contributed by atoms with van der Waals surface area (Å²) < 4.78 is 7.60. The zero-order valence-electron chi connectivity index (χ0n) is 9.66. The second-order valence-electron chi connectivity index (χ2n) is 4.18. The van der Waals surface area contributed by atoms with Gasteiger partial charge in [0.15, 0.2) is 0 Å². The van der Waals surface area contributed by atoms with Crippen molar-refractivity contribution in [3.05, 3.63) is 41.6 Å². The monoisotopic (exact) mass is 213 g/mol. The summed E-state index contributed by atoms with van der Waals surface area (Å²) in [5.74, 6) is 0.940. The molecule has 1 aliphatic rings. The molecule has 0 unspecified atom stereocenters. The van der Waals surface area contributed by atoms with Crippen LogP contribution in [0, 0.1) is 0 Å². The summed E-state index contributed by atoms with van der Waals surface area (Å²) in [7, 11) is 1.72. The first-order chi connectivity index (χ1) is 7.83. The van der Waals surface area contributed by atoms with Gasteiger partial charge in [-0.25, -0.2) is 0 Å². The highest BCUT2D eigenvalue weighted by Crippen LogP contribution is 2.39. The van der Waals surface area contributed by atoms with Crippen molar-refractivity contribution in [1.82, 2.24) is 4.57 Å². The number of hydrogen-bond acceptors (Lipinski definition) is 1. The van der Waals surface area contributed by atoms with Crippen LogP contribution >= 0.6 is 0 Å². The van der Waals surface area contributed by atoms with E-state index in [2.05, 4.69) is 35.9 Å². The van der Waals surface area contributed by atoms with Gasteiger partial charge in [-0.15, -0.1) is 0 Å². The molecule has 0 amide bonds. The standard InChI is InChI=1S/C14H15NO/c1-3-15-7-6-11-8-10-4-5-12(16-2)9-13(10)14(11)15/h4-7,9H,3,8H2,1-2H3. The summed E-state index contributed by atoms with van der Waals surface area (Å²) in [6, 6.07) is 8.59. The van der Waals surface area contributed by atoms with Gasteiger partial charge in [-0.2, -0.15) is 0 Å². The Labute approximate surface area is 95.5 Å². The Hall–Kier alpha value is -1.70. The molecule has 0 bridgehead atoms. The molecule has 3 rings (SSSR count). The van der Waals surface area contributed by atoms with Gasteiger partial charge in [-0.05, 0) is 36.2 Å². The Bertz CT molecular complexity index is 540. The molecule has 0 atom stereocenters. The Morgan fingerprint density at radius 3 is 2.88 bits per heavy atom. The van der Waals surface area contributed by atoms with Crippen LogP contribution in [-0.2, 0) is 13.0 Å². The van der Waals surface area contributed by atoms with Crippen molar-refractivity contribution in [2.75, 3.05) is 7.11 Å². The lowest BCUT2D eigenvalue weighted by Crippen LogP contribution is -1.94. The lowest BCUT2D eigenvalue weighted by molar-refractivity contribution is 0.415. The fraction of sp³-hybridized carbons (Fsp3) is 0.286. The van der Waals surface area contributed by atoms with Gasteiger partial charge in [0.2, 0.25) is 0 Å². The van der Waals surface area contributed by atoms with Crippen molar-refractivity contribution in [2.45, 2.75) is 19.9 Å². The zero-order valence-corrected chi connectivity index (χ0v) is 9.66. The summed E-state index contributed by atoms with van der Waals surface area (Å²) >= 11 is 0. The number of benzene rings is 1. The second kappa shape index (κ2) is 3.41. The minimum Gasteiger partial charge on any atom is -0.497 e. The third-order valence-electron chi connectivity index (χ3n) is 3.34. The molecular formula is C14H15NO. The lowest BCUT2D eigenvalue weighted by atomic mass is 10.1. The van der Waals surface area contributed by atoms with Crippen LogP contribution in [0.2, 0.25) is 0 Å². The number of hydrogen-bond donors (Lipinski definition) is 0. The number of nitrogens with zero attached hydrogens (tertiary/aromatic N) is 1. The molecule has 0 saturated carbocycles. The first-order valence-corrected chi connectivity index (χ1v) is 5.68. The van der Waals surface area contributed by atoms with Crippen LogP contribution in [-0.4, -0.2) is 11.7 Å². The number of aryl methyl sites for hydroxylation is 1. The SMILES string of the molecule is CCn1ccc2c1-c1cc(OC)ccc1C2. The molecule has 0 fully saturated rings. The van der Waals surface area contributed by atoms with Crippen LogP contribution in [0.3, 0.4) is 0 Å². The molecule has 0 radical (unpaired) electrons. The molecule has 0 spiro atoms. The summed E-state index contributed by atoms with van der Waals surface area (Å²) in [5.41, 5.74) is 5.55. The molecule has 82 valence electrons. The molecule has 16 heavy (non-hydrogen) atoms. The maximum atomic E-state index is 5.30. The number of methoxy groups -OCH3 is 1. The number of aromatic nitrogens is 1. The molecule has 1 aromatic heterocycles. The van der Waals surface area contributed by atoms with Crippen molar-refractivity contribution in [3.63, 3.8) is 0 Å². The smallest absolute Gasteiger partial charge is 0.119 e. The predicted molar refractivity (Wildman–Crippen MR) is 64.9 cm³/mol. The Morgan fingerprint density at radius 1 is 1.25 bits per heavy atom. The topological polar surface area (TPSA) is 14.2 Å². The molecule has 1 heterocycles. The van der Waals surface area contributed by atoms with Gasteiger partial charge in [0.05, 0.1) is 12.8 Å². The molecular weight excluding hydrogens is 198 g/mol. The number of fused-ring (bicyclic) bond motifs is 3. The normalized spacial score (nSPS) is 12.4. The van der Waals surface area contributed by atoms with Gasteiger partial charge in [-0.1, -0.05) is 6.07 Å². The van der Waals surface area contributed by atoms with E-state index >= 15 is 0 Å². The van der Waals surface area contributed by atoms with Crippen LogP contribution in [0.5, 0.6) is 5.75 Å². The van der Waals surface area contributed by atoms with E-state index in [1.165, 1.54) is 22.4 Å². The summed E-state index contributed by atoms with van der Waals surface area (Å²) in [6.45, 7) is 3.20. The highest BCUT2D eigenvalue weighted by Gasteiger charge is 2.21. The van der Waals surface area contributed by atoms with Crippen molar-refractivity contribution in [3.8, 4) is 17.0 Å². The van der Waals surface area contributed by atoms with Crippen molar-refractivity contribution in [2.24, 2.45) is 0 Å². The van der Waals surface area contributed by atoms with Crippen LogP contribution < -0.4 is 4.74 Å². The minimum absolute atomic E-state index is 0.940. The van der Waals surface area contributed by atoms with E-state index in [1.807, 2.05) is 6.07 Å². The summed E-state index contributed by atoms with van der Waals surface area (Å²) in [5, 5.41) is 0. The maximum Gasteiger partial charge on any atom is 0.119 e. The van der Waals surface area contributed by atoms with Gasteiger partial charge in [0.1, 0.15) is 5.75 Å². The third kappa shape index (κ3) is 1.19. The van der Waals surface area contributed by atoms with Crippen molar-refractivity contribution >= 4 is 0 Å². The van der Waals surface area contributed by atoms with Crippen LogP contribution in [0.25, 0.3) is 11.3 Å². The first kappa shape index (κ1) is 9.52. The van der Waals surface area contributed by atoms with E-state index in [-0.39, 0.29) is 0 Å². The van der Waals surface area contributed by atoms with E-state index in [4.69, 9.17) is 4.74 Å². The van der Waals surface area contributed by atoms with Crippen LogP contribution in [0.4, 0.5) is 0 Å². The molecule has 0 saturated heterocycles. The number of rotatable bonds is 2. The van der Waals surface area contributed by atoms with Gasteiger partial charge in [0, 0.05) is 24.7 Å². The minimum atomic E-state index is 0.940. The maximum absolute atomic E-state index is 5.30. The lowest BCUT2D eigenvalue weighted by Gasteiger charge is -2.08.